The molecule has 0 saturated heterocycles. The van der Waals surface area contributed by atoms with Gasteiger partial charge in [0.15, 0.2) is 0 Å². The number of sulfonamides is 1. The standard InChI is InChI=1S/C25H25N5O4S/c1-2-34-22-11-13-23(14-12-22)35(32,33)29-21-10-6-9-20(15-21)25(31)28-24(16-30-18-26-17-27-30)19-7-4-3-5-8-19/h3-15,17-18,24,29H,2,16H2,1H3,(H,28,31). The summed E-state index contributed by atoms with van der Waals surface area (Å²) in [5.74, 6) is 0.241. The minimum atomic E-state index is -3.84. The van der Waals surface area contributed by atoms with Crippen LogP contribution in [0, 0.1) is 0 Å². The van der Waals surface area contributed by atoms with Gasteiger partial charge in [-0.15, -0.1) is 0 Å². The lowest BCUT2D eigenvalue weighted by molar-refractivity contribution is 0.0932. The van der Waals surface area contributed by atoms with Gasteiger partial charge in [-0.25, -0.2) is 13.4 Å². The first-order chi connectivity index (χ1) is 16.9. The fourth-order valence-electron chi connectivity index (χ4n) is 3.50. The van der Waals surface area contributed by atoms with Crippen LogP contribution in [-0.4, -0.2) is 35.7 Å². The minimum absolute atomic E-state index is 0.0905. The first-order valence-electron chi connectivity index (χ1n) is 11.0. The van der Waals surface area contributed by atoms with E-state index in [2.05, 4.69) is 20.1 Å². The zero-order chi connectivity index (χ0) is 24.7. The van der Waals surface area contributed by atoms with Crippen molar-refractivity contribution < 1.29 is 17.9 Å². The Balaban J connectivity index is 1.50. The van der Waals surface area contributed by atoms with Gasteiger partial charge in [0.2, 0.25) is 0 Å². The highest BCUT2D eigenvalue weighted by atomic mass is 32.2. The molecule has 1 aromatic heterocycles. The second-order valence-corrected chi connectivity index (χ2v) is 9.33. The second-order valence-electron chi connectivity index (χ2n) is 7.64. The molecule has 0 saturated carbocycles. The molecule has 2 N–H and O–H groups in total. The molecule has 1 amide bonds. The van der Waals surface area contributed by atoms with E-state index in [1.807, 2.05) is 37.3 Å². The smallest absolute Gasteiger partial charge is 0.261 e. The molecule has 10 heteroatoms. The Morgan fingerprint density at radius 2 is 1.80 bits per heavy atom. The number of ether oxygens (including phenoxy) is 1. The summed E-state index contributed by atoms with van der Waals surface area (Å²) in [4.78, 5) is 17.1. The van der Waals surface area contributed by atoms with E-state index in [0.717, 1.165) is 5.56 Å². The molecule has 0 bridgehead atoms. The Morgan fingerprint density at radius 3 is 2.49 bits per heavy atom. The lowest BCUT2D eigenvalue weighted by Crippen LogP contribution is -2.31. The maximum Gasteiger partial charge on any atom is 0.261 e. The van der Waals surface area contributed by atoms with Crippen molar-refractivity contribution in [3.05, 3.63) is 103 Å². The van der Waals surface area contributed by atoms with Crippen molar-refractivity contribution in [2.75, 3.05) is 11.3 Å². The van der Waals surface area contributed by atoms with E-state index < -0.39 is 10.0 Å². The number of carbonyl (C=O) groups is 1. The Labute approximate surface area is 203 Å². The van der Waals surface area contributed by atoms with Gasteiger partial charge in [-0.2, -0.15) is 5.10 Å². The SMILES string of the molecule is CCOc1ccc(S(=O)(=O)Nc2cccc(C(=O)NC(Cn3cncn3)c3ccccc3)c2)cc1. The van der Waals surface area contributed by atoms with Gasteiger partial charge < -0.3 is 10.1 Å². The molecule has 1 atom stereocenters. The molecule has 0 aliphatic rings. The average Bonchev–Trinajstić information content (AvgIpc) is 3.38. The van der Waals surface area contributed by atoms with E-state index in [9.17, 15) is 13.2 Å². The Hall–Kier alpha value is -4.18. The van der Waals surface area contributed by atoms with Gasteiger partial charge in [-0.3, -0.25) is 14.2 Å². The largest absolute Gasteiger partial charge is 0.494 e. The number of aromatic nitrogens is 3. The highest BCUT2D eigenvalue weighted by molar-refractivity contribution is 7.92. The van der Waals surface area contributed by atoms with E-state index in [4.69, 9.17) is 4.74 Å². The van der Waals surface area contributed by atoms with Crippen molar-refractivity contribution in [2.24, 2.45) is 0 Å². The molecule has 0 fully saturated rings. The van der Waals surface area contributed by atoms with Crippen LogP contribution in [0.15, 0.2) is 96.4 Å². The normalized spacial score (nSPS) is 12.0. The summed E-state index contributed by atoms with van der Waals surface area (Å²) in [5.41, 5.74) is 1.50. The molecule has 1 unspecified atom stereocenters. The topological polar surface area (TPSA) is 115 Å². The first-order valence-corrected chi connectivity index (χ1v) is 12.5. The summed E-state index contributed by atoms with van der Waals surface area (Å²) in [6.07, 6.45) is 3.02. The highest BCUT2D eigenvalue weighted by Crippen LogP contribution is 2.21. The van der Waals surface area contributed by atoms with E-state index in [1.165, 1.54) is 24.5 Å². The number of rotatable bonds is 10. The summed E-state index contributed by atoms with van der Waals surface area (Å²) < 4.78 is 35.2. The molecular weight excluding hydrogens is 466 g/mol. The summed E-state index contributed by atoms with van der Waals surface area (Å²) in [7, 11) is -3.84. The third kappa shape index (κ3) is 6.24. The van der Waals surface area contributed by atoms with Crippen molar-refractivity contribution in [3.8, 4) is 5.75 Å². The molecular formula is C25H25N5O4S. The van der Waals surface area contributed by atoms with Crippen molar-refractivity contribution in [1.29, 1.82) is 0 Å². The number of nitrogens with one attached hydrogen (secondary N) is 2. The van der Waals surface area contributed by atoms with Crippen molar-refractivity contribution in [1.82, 2.24) is 20.1 Å². The van der Waals surface area contributed by atoms with Crippen LogP contribution in [0.25, 0.3) is 0 Å². The van der Waals surface area contributed by atoms with Gasteiger partial charge in [0.1, 0.15) is 18.4 Å². The number of amides is 1. The van der Waals surface area contributed by atoms with Crippen molar-refractivity contribution in [2.45, 2.75) is 24.4 Å². The minimum Gasteiger partial charge on any atom is -0.494 e. The molecule has 0 spiro atoms. The number of hydrogen-bond donors (Lipinski definition) is 2. The lowest BCUT2D eigenvalue weighted by atomic mass is 10.1. The predicted molar refractivity (Wildman–Crippen MR) is 132 cm³/mol. The van der Waals surface area contributed by atoms with Crippen LogP contribution in [0.4, 0.5) is 5.69 Å². The first kappa shape index (κ1) is 24.0. The molecule has 4 aromatic rings. The summed E-state index contributed by atoms with van der Waals surface area (Å²) in [6, 6.07) is 21.6. The molecule has 3 aromatic carbocycles. The van der Waals surface area contributed by atoms with Crippen LogP contribution < -0.4 is 14.8 Å². The zero-order valence-electron chi connectivity index (χ0n) is 19.0. The molecule has 0 radical (unpaired) electrons. The van der Waals surface area contributed by atoms with E-state index >= 15 is 0 Å². The maximum atomic E-state index is 13.1. The fourth-order valence-corrected chi connectivity index (χ4v) is 4.54. The summed E-state index contributed by atoms with van der Waals surface area (Å²) >= 11 is 0. The number of hydrogen-bond acceptors (Lipinski definition) is 6. The van der Waals surface area contributed by atoms with Gasteiger partial charge >= 0.3 is 0 Å². The van der Waals surface area contributed by atoms with Crippen LogP contribution in [-0.2, 0) is 16.6 Å². The van der Waals surface area contributed by atoms with Gasteiger partial charge in [-0.1, -0.05) is 36.4 Å². The monoisotopic (exact) mass is 491 g/mol. The average molecular weight is 492 g/mol. The van der Waals surface area contributed by atoms with Gasteiger partial charge in [-0.05, 0) is 55.0 Å². The van der Waals surface area contributed by atoms with E-state index in [-0.39, 0.29) is 22.5 Å². The highest BCUT2D eigenvalue weighted by Gasteiger charge is 2.19. The Bertz CT molecular complexity index is 1360. The van der Waals surface area contributed by atoms with Crippen LogP contribution in [0.2, 0.25) is 0 Å². The Morgan fingerprint density at radius 1 is 1.03 bits per heavy atom. The number of carbonyl (C=O) groups excluding carboxylic acids is 1. The van der Waals surface area contributed by atoms with Gasteiger partial charge in [0.05, 0.1) is 24.1 Å². The quantitative estimate of drug-likeness (QED) is 0.350. The number of nitrogens with zero attached hydrogens (tertiary/aromatic N) is 3. The van der Waals surface area contributed by atoms with Crippen LogP contribution in [0.5, 0.6) is 5.75 Å². The van der Waals surface area contributed by atoms with Crippen molar-refractivity contribution >= 4 is 21.6 Å². The Kier molecular flexibility index (Phi) is 7.41. The van der Waals surface area contributed by atoms with E-state index in [0.29, 0.717) is 24.5 Å². The number of benzene rings is 3. The number of anilines is 1. The molecule has 0 aliphatic carbocycles. The third-order valence-electron chi connectivity index (χ3n) is 5.17. The predicted octanol–water partition coefficient (Wildman–Crippen LogP) is 3.65. The summed E-state index contributed by atoms with van der Waals surface area (Å²) in [5, 5.41) is 7.14. The van der Waals surface area contributed by atoms with Gasteiger partial charge in [0.25, 0.3) is 15.9 Å². The fraction of sp³-hybridized carbons (Fsp3) is 0.160. The molecule has 0 aliphatic heterocycles. The zero-order valence-corrected chi connectivity index (χ0v) is 19.9. The van der Waals surface area contributed by atoms with Gasteiger partial charge in [0, 0.05) is 11.3 Å². The lowest BCUT2D eigenvalue weighted by Gasteiger charge is -2.19. The maximum absolute atomic E-state index is 13.1. The molecule has 180 valence electrons. The van der Waals surface area contributed by atoms with Crippen LogP contribution in [0.1, 0.15) is 28.9 Å². The molecule has 1 heterocycles. The summed E-state index contributed by atoms with van der Waals surface area (Å²) in [6.45, 7) is 2.73. The van der Waals surface area contributed by atoms with E-state index in [1.54, 1.807) is 41.3 Å². The van der Waals surface area contributed by atoms with Crippen LogP contribution in [0.3, 0.4) is 0 Å². The molecule has 35 heavy (non-hydrogen) atoms. The molecule has 9 nitrogen and oxygen atoms in total. The molecule has 4 rings (SSSR count). The van der Waals surface area contributed by atoms with Crippen molar-refractivity contribution in [3.63, 3.8) is 0 Å². The van der Waals surface area contributed by atoms with Crippen LogP contribution >= 0.6 is 0 Å². The third-order valence-corrected chi connectivity index (χ3v) is 6.56. The second kappa shape index (κ2) is 10.8.